The summed E-state index contributed by atoms with van der Waals surface area (Å²) in [6, 6.07) is 22.4. The van der Waals surface area contributed by atoms with Crippen LogP contribution < -0.4 is 10.3 Å². The van der Waals surface area contributed by atoms with Crippen molar-refractivity contribution in [1.29, 1.82) is 0 Å². The maximum absolute atomic E-state index is 13.4. The molecule has 0 bridgehead atoms. The number of fused-ring (bicyclic) bond motifs is 1. The van der Waals surface area contributed by atoms with Gasteiger partial charge in [0.05, 0.1) is 12.2 Å². The summed E-state index contributed by atoms with van der Waals surface area (Å²) in [5.74, 6) is 0.447. The first-order valence-corrected chi connectivity index (χ1v) is 14.3. The summed E-state index contributed by atoms with van der Waals surface area (Å²) in [6.45, 7) is 2.95. The van der Waals surface area contributed by atoms with Crippen LogP contribution in [0, 0.1) is 0 Å². The third kappa shape index (κ3) is 7.93. The maximum atomic E-state index is 13.4. The Kier molecular flexibility index (Phi) is 10.6. The summed E-state index contributed by atoms with van der Waals surface area (Å²) in [5.41, 5.74) is 2.51. The molecular weight excluding hydrogens is 506 g/mol. The largest absolute Gasteiger partial charge is 0.494 e. The molecule has 0 aliphatic rings. The first kappa shape index (κ1) is 28.4. The van der Waals surface area contributed by atoms with Gasteiger partial charge in [-0.1, -0.05) is 112 Å². The Hall–Kier alpha value is -3.63. The summed E-state index contributed by atoms with van der Waals surface area (Å²) in [5, 5.41) is 1.26. The minimum Gasteiger partial charge on any atom is -0.494 e. The highest BCUT2D eigenvalue weighted by atomic mass is 35.5. The van der Waals surface area contributed by atoms with Crippen molar-refractivity contribution in [2.24, 2.45) is 0 Å². The molecule has 0 fully saturated rings. The van der Waals surface area contributed by atoms with Gasteiger partial charge in [-0.2, -0.15) is 0 Å². The number of nitrogens with one attached hydrogen (secondary N) is 1. The maximum Gasteiger partial charge on any atom is 0.260 e. The van der Waals surface area contributed by atoms with Crippen LogP contribution in [0.1, 0.15) is 74.2 Å². The average Bonchev–Trinajstić information content (AvgIpc) is 2.95. The van der Waals surface area contributed by atoms with Gasteiger partial charge in [0.2, 0.25) is 0 Å². The molecule has 0 atom stereocenters. The van der Waals surface area contributed by atoms with Crippen molar-refractivity contribution < 1.29 is 9.53 Å². The number of carbonyl (C=O) groups excluding carboxylic acids is 1. The molecule has 0 unspecified atom stereocenters. The van der Waals surface area contributed by atoms with Crippen molar-refractivity contribution in [3.05, 3.63) is 105 Å². The molecule has 202 valence electrons. The molecule has 1 N–H and O–H groups in total. The van der Waals surface area contributed by atoms with Crippen molar-refractivity contribution in [3.8, 4) is 16.9 Å². The van der Waals surface area contributed by atoms with E-state index in [-0.39, 0.29) is 11.3 Å². The van der Waals surface area contributed by atoms with E-state index in [4.69, 9.17) is 16.3 Å². The molecule has 4 nitrogen and oxygen atoms in total. The third-order valence-corrected chi connectivity index (χ3v) is 7.09. The number of ether oxygens (including phenoxy) is 1. The second-order valence-electron chi connectivity index (χ2n) is 9.85. The zero-order chi connectivity index (χ0) is 27.5. The van der Waals surface area contributed by atoms with E-state index in [2.05, 4.69) is 11.9 Å². The van der Waals surface area contributed by atoms with Gasteiger partial charge in [-0.05, 0) is 54.0 Å². The number of ketones is 1. The van der Waals surface area contributed by atoms with E-state index in [1.165, 1.54) is 51.0 Å². The predicted molar refractivity (Wildman–Crippen MR) is 163 cm³/mol. The van der Waals surface area contributed by atoms with Crippen molar-refractivity contribution >= 4 is 34.4 Å². The van der Waals surface area contributed by atoms with Crippen LogP contribution in [0.5, 0.6) is 5.75 Å². The number of benzene rings is 3. The number of unbranched alkanes of at least 4 members (excludes halogenated alkanes) is 7. The van der Waals surface area contributed by atoms with E-state index in [1.54, 1.807) is 24.3 Å². The number of rotatable bonds is 14. The molecule has 0 aliphatic heterocycles. The van der Waals surface area contributed by atoms with Crippen molar-refractivity contribution in [2.75, 3.05) is 6.61 Å². The first-order chi connectivity index (χ1) is 19.1. The fourth-order valence-corrected chi connectivity index (χ4v) is 4.93. The SMILES string of the molecule is CCCCCCCCCCOc1ccc(/C=C/C(=O)c2c(-c3ccccc3)c3cc(Cl)ccc3[nH]c2=O)cc1. The summed E-state index contributed by atoms with van der Waals surface area (Å²) < 4.78 is 5.88. The molecule has 0 saturated heterocycles. The highest BCUT2D eigenvalue weighted by molar-refractivity contribution is 6.31. The normalized spacial score (nSPS) is 11.3. The molecule has 3 aromatic carbocycles. The lowest BCUT2D eigenvalue weighted by molar-refractivity contribution is 0.104. The first-order valence-electron chi connectivity index (χ1n) is 13.9. The molecule has 0 aliphatic carbocycles. The Labute approximate surface area is 235 Å². The van der Waals surface area contributed by atoms with Crippen LogP contribution in [0.3, 0.4) is 0 Å². The Morgan fingerprint density at radius 2 is 1.56 bits per heavy atom. The van der Waals surface area contributed by atoms with Crippen LogP contribution in [-0.2, 0) is 0 Å². The number of halogens is 1. The van der Waals surface area contributed by atoms with Crippen LogP contribution >= 0.6 is 11.6 Å². The van der Waals surface area contributed by atoms with Crippen LogP contribution in [0.15, 0.2) is 83.7 Å². The van der Waals surface area contributed by atoms with Gasteiger partial charge in [-0.25, -0.2) is 0 Å². The summed E-state index contributed by atoms with van der Waals surface area (Å²) in [6.07, 6.45) is 13.3. The number of carbonyl (C=O) groups is 1. The summed E-state index contributed by atoms with van der Waals surface area (Å²) in [4.78, 5) is 29.3. The smallest absolute Gasteiger partial charge is 0.260 e. The van der Waals surface area contributed by atoms with Crippen LogP contribution in [-0.4, -0.2) is 17.4 Å². The van der Waals surface area contributed by atoms with Gasteiger partial charge in [0.1, 0.15) is 5.75 Å². The Morgan fingerprint density at radius 1 is 0.872 bits per heavy atom. The highest BCUT2D eigenvalue weighted by Gasteiger charge is 2.19. The van der Waals surface area contributed by atoms with E-state index < -0.39 is 5.56 Å². The van der Waals surface area contributed by atoms with Gasteiger partial charge in [0.15, 0.2) is 5.78 Å². The van der Waals surface area contributed by atoms with E-state index in [0.29, 0.717) is 22.7 Å². The van der Waals surface area contributed by atoms with Crippen LogP contribution in [0.4, 0.5) is 0 Å². The van der Waals surface area contributed by atoms with E-state index in [0.717, 1.165) is 28.7 Å². The Morgan fingerprint density at radius 3 is 2.28 bits per heavy atom. The molecule has 0 amide bonds. The number of H-pyrrole nitrogens is 1. The topological polar surface area (TPSA) is 59.2 Å². The average molecular weight is 542 g/mol. The second kappa shape index (κ2) is 14.5. The van der Waals surface area contributed by atoms with E-state index in [9.17, 15) is 9.59 Å². The van der Waals surface area contributed by atoms with Gasteiger partial charge in [0.25, 0.3) is 5.56 Å². The molecule has 39 heavy (non-hydrogen) atoms. The van der Waals surface area contributed by atoms with Crippen molar-refractivity contribution in [1.82, 2.24) is 4.98 Å². The lowest BCUT2D eigenvalue weighted by atomic mass is 9.94. The molecule has 1 heterocycles. The molecular formula is C34H36ClNO3. The zero-order valence-corrected chi connectivity index (χ0v) is 23.3. The van der Waals surface area contributed by atoms with Gasteiger partial charge in [0, 0.05) is 21.5 Å². The molecule has 0 saturated carbocycles. The van der Waals surface area contributed by atoms with Crippen LogP contribution in [0.25, 0.3) is 28.1 Å². The summed E-state index contributed by atoms with van der Waals surface area (Å²) in [7, 11) is 0. The summed E-state index contributed by atoms with van der Waals surface area (Å²) >= 11 is 6.28. The standard InChI is InChI=1S/C34H36ClNO3/c1-2-3-4-5-6-7-8-12-23-39-28-19-15-25(16-20-28)17-22-31(37)33-32(26-13-10-9-11-14-26)29-24-27(35)18-21-30(29)36-34(33)38/h9-11,13-22,24H,2-8,12,23H2,1H3,(H,36,38)/b22-17+. The van der Waals surface area contributed by atoms with E-state index >= 15 is 0 Å². The second-order valence-corrected chi connectivity index (χ2v) is 10.3. The fourth-order valence-electron chi connectivity index (χ4n) is 4.76. The van der Waals surface area contributed by atoms with E-state index in [1.807, 2.05) is 54.6 Å². The molecule has 4 rings (SSSR count). The molecule has 0 spiro atoms. The lowest BCUT2D eigenvalue weighted by Gasteiger charge is -2.11. The quantitative estimate of drug-likeness (QED) is 0.0982. The number of allylic oxidation sites excluding steroid dienone is 1. The minimum atomic E-state index is -0.428. The monoisotopic (exact) mass is 541 g/mol. The number of pyridine rings is 1. The lowest BCUT2D eigenvalue weighted by Crippen LogP contribution is -2.18. The number of aromatic nitrogens is 1. The molecule has 1 aromatic heterocycles. The third-order valence-electron chi connectivity index (χ3n) is 6.86. The van der Waals surface area contributed by atoms with Gasteiger partial charge in [-0.3, -0.25) is 9.59 Å². The zero-order valence-electron chi connectivity index (χ0n) is 22.5. The van der Waals surface area contributed by atoms with Gasteiger partial charge >= 0.3 is 0 Å². The molecule has 5 heteroatoms. The number of hydrogen-bond acceptors (Lipinski definition) is 3. The Balaban J connectivity index is 1.42. The fraction of sp³-hybridized carbons (Fsp3) is 0.294. The van der Waals surface area contributed by atoms with Gasteiger partial charge < -0.3 is 9.72 Å². The predicted octanol–water partition coefficient (Wildman–Crippen LogP) is 9.26. The number of aromatic amines is 1. The number of hydrogen-bond donors (Lipinski definition) is 1. The highest BCUT2D eigenvalue weighted by Crippen LogP contribution is 2.31. The van der Waals surface area contributed by atoms with Crippen LogP contribution in [0.2, 0.25) is 5.02 Å². The minimum absolute atomic E-state index is 0.0949. The van der Waals surface area contributed by atoms with Crippen molar-refractivity contribution in [3.63, 3.8) is 0 Å². The molecule has 4 aromatic rings. The molecule has 0 radical (unpaired) electrons. The Bertz CT molecular complexity index is 1460. The van der Waals surface area contributed by atoms with Crippen molar-refractivity contribution in [2.45, 2.75) is 58.3 Å². The van der Waals surface area contributed by atoms with Gasteiger partial charge in [-0.15, -0.1) is 0 Å².